The van der Waals surface area contributed by atoms with E-state index in [1.54, 1.807) is 0 Å². The first-order valence-corrected chi connectivity index (χ1v) is 5.64. The quantitative estimate of drug-likeness (QED) is 0.848. The maximum absolute atomic E-state index is 11.4. The van der Waals surface area contributed by atoms with Crippen LogP contribution in [0, 0.1) is 0 Å². The third-order valence-corrected chi connectivity index (χ3v) is 2.08. The number of nitrogens with one attached hydrogen (secondary N) is 2. The van der Waals surface area contributed by atoms with E-state index in [4.69, 9.17) is 4.74 Å². The van der Waals surface area contributed by atoms with Crippen LogP contribution >= 0.6 is 0 Å². The number of anilines is 1. The van der Waals surface area contributed by atoms with Crippen LogP contribution in [0.25, 0.3) is 0 Å². The van der Waals surface area contributed by atoms with Crippen molar-refractivity contribution in [2.45, 2.75) is 32.9 Å². The third-order valence-electron chi connectivity index (χ3n) is 2.08. The summed E-state index contributed by atoms with van der Waals surface area (Å²) in [5.41, 5.74) is 1.63. The molecule has 0 aliphatic heterocycles. The molecule has 0 bridgehead atoms. The lowest BCUT2D eigenvalue weighted by Crippen LogP contribution is -2.32. The van der Waals surface area contributed by atoms with Crippen molar-refractivity contribution >= 4 is 11.8 Å². The van der Waals surface area contributed by atoms with Crippen LogP contribution in [0.3, 0.4) is 0 Å². The van der Waals surface area contributed by atoms with Crippen LogP contribution in [0.2, 0.25) is 0 Å². The number of ether oxygens (including phenoxy) is 1. The Morgan fingerprint density at radius 3 is 2.29 bits per heavy atom. The zero-order chi connectivity index (χ0) is 12.9. The van der Waals surface area contributed by atoms with Crippen LogP contribution < -0.4 is 10.6 Å². The fraction of sp³-hybridized carbons (Fsp3) is 0.462. The molecule has 1 aromatic rings. The maximum Gasteiger partial charge on any atom is 0.407 e. The van der Waals surface area contributed by atoms with Crippen molar-refractivity contribution in [2.75, 3.05) is 12.4 Å². The molecule has 17 heavy (non-hydrogen) atoms. The number of rotatable bonds is 3. The lowest BCUT2D eigenvalue weighted by Gasteiger charge is -2.19. The number of hydrogen-bond acceptors (Lipinski definition) is 3. The van der Waals surface area contributed by atoms with Gasteiger partial charge in [-0.05, 0) is 38.5 Å². The Labute approximate surface area is 102 Å². The Bertz CT molecular complexity index is 366. The molecule has 2 N–H and O–H groups in total. The first kappa shape index (κ1) is 13.4. The molecule has 94 valence electrons. The zero-order valence-corrected chi connectivity index (χ0v) is 10.8. The highest BCUT2D eigenvalue weighted by molar-refractivity contribution is 5.67. The van der Waals surface area contributed by atoms with E-state index in [-0.39, 0.29) is 0 Å². The van der Waals surface area contributed by atoms with E-state index < -0.39 is 11.7 Å². The highest BCUT2D eigenvalue weighted by Gasteiger charge is 2.15. The van der Waals surface area contributed by atoms with Gasteiger partial charge in [-0.15, -0.1) is 0 Å². The van der Waals surface area contributed by atoms with Crippen LogP contribution in [0.1, 0.15) is 26.3 Å². The molecule has 1 amide bonds. The summed E-state index contributed by atoms with van der Waals surface area (Å²) in [4.78, 5) is 11.4. The summed E-state index contributed by atoms with van der Waals surface area (Å²) in [7, 11) is 1.87. The third kappa shape index (κ3) is 5.24. The molecule has 0 heterocycles. The summed E-state index contributed by atoms with van der Waals surface area (Å²) < 4.78 is 5.14. The molecule has 0 spiro atoms. The maximum atomic E-state index is 11.4. The van der Waals surface area contributed by atoms with Gasteiger partial charge in [0.1, 0.15) is 5.60 Å². The smallest absolute Gasteiger partial charge is 0.407 e. The summed E-state index contributed by atoms with van der Waals surface area (Å²) in [6.45, 7) is 6.00. The van der Waals surface area contributed by atoms with Crippen molar-refractivity contribution < 1.29 is 9.53 Å². The van der Waals surface area contributed by atoms with E-state index in [9.17, 15) is 4.79 Å². The lowest BCUT2D eigenvalue weighted by atomic mass is 10.2. The van der Waals surface area contributed by atoms with E-state index in [1.807, 2.05) is 52.1 Å². The van der Waals surface area contributed by atoms with Gasteiger partial charge in [-0.2, -0.15) is 0 Å². The van der Waals surface area contributed by atoms with Crippen molar-refractivity contribution in [1.29, 1.82) is 0 Å². The predicted molar refractivity (Wildman–Crippen MR) is 69.1 cm³/mol. The van der Waals surface area contributed by atoms with E-state index in [1.165, 1.54) is 0 Å². The Hall–Kier alpha value is -1.71. The van der Waals surface area contributed by atoms with E-state index >= 15 is 0 Å². The Balaban J connectivity index is 2.42. The van der Waals surface area contributed by atoms with Gasteiger partial charge in [0.25, 0.3) is 0 Å². The average molecular weight is 236 g/mol. The van der Waals surface area contributed by atoms with Gasteiger partial charge in [-0.3, -0.25) is 0 Å². The minimum absolute atomic E-state index is 0.393. The molecule has 0 atom stereocenters. The standard InChI is InChI=1S/C13H20N2O2/c1-13(2,3)17-12(16)15-9-10-5-7-11(14-4)8-6-10/h5-8,14H,9H2,1-4H3,(H,15,16). The van der Waals surface area contributed by atoms with Crippen LogP contribution in [-0.2, 0) is 11.3 Å². The number of hydrogen-bond donors (Lipinski definition) is 2. The molecule has 0 unspecified atom stereocenters. The summed E-state index contributed by atoms with van der Waals surface area (Å²) in [6, 6.07) is 7.85. The molecule has 0 fully saturated rings. The normalized spacial score (nSPS) is 10.8. The van der Waals surface area contributed by atoms with Gasteiger partial charge in [-0.1, -0.05) is 12.1 Å². The second-order valence-corrected chi connectivity index (χ2v) is 4.80. The monoisotopic (exact) mass is 236 g/mol. The Morgan fingerprint density at radius 1 is 1.24 bits per heavy atom. The van der Waals surface area contributed by atoms with Gasteiger partial charge in [0, 0.05) is 19.3 Å². The molecule has 4 nitrogen and oxygen atoms in total. The molecule has 0 aliphatic rings. The molecule has 4 heteroatoms. The number of benzene rings is 1. The first-order valence-electron chi connectivity index (χ1n) is 5.64. The highest BCUT2D eigenvalue weighted by Crippen LogP contribution is 2.09. The van der Waals surface area contributed by atoms with Crippen molar-refractivity contribution in [1.82, 2.24) is 5.32 Å². The van der Waals surface area contributed by atoms with Gasteiger partial charge in [-0.25, -0.2) is 4.79 Å². The van der Waals surface area contributed by atoms with Crippen LogP contribution in [0.15, 0.2) is 24.3 Å². The summed E-state index contributed by atoms with van der Waals surface area (Å²) in [6.07, 6.45) is -0.393. The van der Waals surface area contributed by atoms with Crippen LogP contribution in [0.5, 0.6) is 0 Å². The minimum atomic E-state index is -0.458. The van der Waals surface area contributed by atoms with Gasteiger partial charge in [0.15, 0.2) is 0 Å². The van der Waals surface area contributed by atoms with Crippen molar-refractivity contribution in [2.24, 2.45) is 0 Å². The summed E-state index contributed by atoms with van der Waals surface area (Å²) in [5.74, 6) is 0. The fourth-order valence-corrected chi connectivity index (χ4v) is 1.28. The molecule has 0 radical (unpaired) electrons. The van der Waals surface area contributed by atoms with Crippen molar-refractivity contribution in [3.05, 3.63) is 29.8 Å². The number of carbonyl (C=O) groups excluding carboxylic acids is 1. The molecule has 0 aromatic heterocycles. The molecule has 0 aliphatic carbocycles. The average Bonchev–Trinajstić information content (AvgIpc) is 2.25. The zero-order valence-electron chi connectivity index (χ0n) is 10.8. The molecular weight excluding hydrogens is 216 g/mol. The van der Waals surface area contributed by atoms with Gasteiger partial charge in [0.2, 0.25) is 0 Å². The van der Waals surface area contributed by atoms with Crippen molar-refractivity contribution in [3.63, 3.8) is 0 Å². The predicted octanol–water partition coefficient (Wildman–Crippen LogP) is 2.75. The molecule has 1 rings (SSSR count). The van der Waals surface area contributed by atoms with Crippen molar-refractivity contribution in [3.8, 4) is 0 Å². The van der Waals surface area contributed by atoms with Gasteiger partial charge >= 0.3 is 6.09 Å². The molecule has 0 saturated heterocycles. The number of amides is 1. The topological polar surface area (TPSA) is 50.4 Å². The lowest BCUT2D eigenvalue weighted by molar-refractivity contribution is 0.0523. The first-order chi connectivity index (χ1) is 7.90. The van der Waals surface area contributed by atoms with E-state index in [2.05, 4.69) is 10.6 Å². The minimum Gasteiger partial charge on any atom is -0.444 e. The molecule has 0 saturated carbocycles. The number of alkyl carbamates (subject to hydrolysis) is 1. The van der Waals surface area contributed by atoms with Crippen LogP contribution in [0.4, 0.5) is 10.5 Å². The molecular formula is C13H20N2O2. The van der Waals surface area contributed by atoms with Crippen LogP contribution in [-0.4, -0.2) is 18.7 Å². The van der Waals surface area contributed by atoms with Gasteiger partial charge in [0.05, 0.1) is 0 Å². The largest absolute Gasteiger partial charge is 0.444 e. The summed E-state index contributed by atoms with van der Waals surface area (Å²) in [5, 5.41) is 5.75. The molecule has 1 aromatic carbocycles. The Morgan fingerprint density at radius 2 is 1.82 bits per heavy atom. The highest BCUT2D eigenvalue weighted by atomic mass is 16.6. The van der Waals surface area contributed by atoms with Gasteiger partial charge < -0.3 is 15.4 Å². The SMILES string of the molecule is CNc1ccc(CNC(=O)OC(C)(C)C)cc1. The van der Waals surface area contributed by atoms with E-state index in [0.717, 1.165) is 11.3 Å². The number of carbonyl (C=O) groups is 1. The fourth-order valence-electron chi connectivity index (χ4n) is 1.28. The van der Waals surface area contributed by atoms with E-state index in [0.29, 0.717) is 6.54 Å². The Kier molecular flexibility index (Phi) is 4.37. The second kappa shape index (κ2) is 5.57. The second-order valence-electron chi connectivity index (χ2n) is 4.80. The summed E-state index contributed by atoms with van der Waals surface area (Å²) >= 11 is 0.